The van der Waals surface area contributed by atoms with Gasteiger partial charge >= 0.3 is 0 Å². The summed E-state index contributed by atoms with van der Waals surface area (Å²) >= 11 is 0. The molecular formula is C16H22N4O. The quantitative estimate of drug-likeness (QED) is 0.819. The van der Waals surface area contributed by atoms with Gasteiger partial charge < -0.3 is 15.4 Å². The third-order valence-corrected chi connectivity index (χ3v) is 3.28. The highest BCUT2D eigenvalue weighted by Crippen LogP contribution is 2.23. The van der Waals surface area contributed by atoms with Crippen LogP contribution >= 0.6 is 0 Å². The molecule has 1 heterocycles. The van der Waals surface area contributed by atoms with Crippen LogP contribution in [0.2, 0.25) is 0 Å². The minimum absolute atomic E-state index is 0.666. The molecule has 0 bridgehead atoms. The molecule has 0 aliphatic rings. The molecule has 2 N–H and O–H groups in total. The Balaban J connectivity index is 2.18. The van der Waals surface area contributed by atoms with Crippen LogP contribution < -0.4 is 15.4 Å². The molecule has 2 rings (SSSR count). The van der Waals surface area contributed by atoms with Gasteiger partial charge in [0, 0.05) is 24.2 Å². The van der Waals surface area contributed by atoms with E-state index in [4.69, 9.17) is 4.74 Å². The van der Waals surface area contributed by atoms with Gasteiger partial charge in [-0.3, -0.25) is 0 Å². The number of nitrogens with zero attached hydrogens (tertiary/aromatic N) is 2. The molecule has 5 heteroatoms. The Morgan fingerprint density at radius 1 is 1.05 bits per heavy atom. The summed E-state index contributed by atoms with van der Waals surface area (Å²) in [6.45, 7) is 5.67. The first-order valence-electron chi connectivity index (χ1n) is 7.23. The van der Waals surface area contributed by atoms with Gasteiger partial charge in [-0.1, -0.05) is 25.1 Å². The van der Waals surface area contributed by atoms with Gasteiger partial charge in [-0.15, -0.1) is 0 Å². The highest BCUT2D eigenvalue weighted by atomic mass is 16.5. The highest BCUT2D eigenvalue weighted by molar-refractivity contribution is 5.57. The van der Waals surface area contributed by atoms with E-state index in [2.05, 4.69) is 34.4 Å². The van der Waals surface area contributed by atoms with Crippen molar-refractivity contribution in [1.29, 1.82) is 0 Å². The van der Waals surface area contributed by atoms with Crippen LogP contribution in [0.4, 0.5) is 11.6 Å². The normalized spacial score (nSPS) is 10.2. The summed E-state index contributed by atoms with van der Waals surface area (Å²) in [6.07, 6.45) is 2.46. The third-order valence-electron chi connectivity index (χ3n) is 3.28. The number of aromatic nitrogens is 2. The van der Waals surface area contributed by atoms with Crippen molar-refractivity contribution in [3.8, 4) is 5.75 Å². The van der Waals surface area contributed by atoms with E-state index in [-0.39, 0.29) is 0 Å². The van der Waals surface area contributed by atoms with Gasteiger partial charge in [-0.2, -0.15) is 0 Å². The molecule has 0 atom stereocenters. The second-order valence-electron chi connectivity index (χ2n) is 4.60. The molecule has 0 spiro atoms. The zero-order chi connectivity index (χ0) is 15.1. The van der Waals surface area contributed by atoms with Crippen molar-refractivity contribution in [2.45, 2.75) is 26.8 Å². The van der Waals surface area contributed by atoms with E-state index in [0.29, 0.717) is 6.54 Å². The lowest BCUT2D eigenvalue weighted by Gasteiger charge is -2.14. The van der Waals surface area contributed by atoms with Crippen LogP contribution in [-0.4, -0.2) is 23.6 Å². The molecule has 21 heavy (non-hydrogen) atoms. The summed E-state index contributed by atoms with van der Waals surface area (Å²) in [6, 6.07) is 7.98. The van der Waals surface area contributed by atoms with Crippen molar-refractivity contribution >= 4 is 11.6 Å². The molecule has 0 amide bonds. The van der Waals surface area contributed by atoms with Crippen LogP contribution in [-0.2, 0) is 13.0 Å². The molecule has 2 aromatic rings. The third kappa shape index (κ3) is 3.62. The molecule has 0 unspecified atom stereocenters. The van der Waals surface area contributed by atoms with Crippen LogP contribution in [0.25, 0.3) is 0 Å². The summed E-state index contributed by atoms with van der Waals surface area (Å²) in [5.74, 6) is 2.65. The Labute approximate surface area is 125 Å². The van der Waals surface area contributed by atoms with Crippen molar-refractivity contribution in [2.75, 3.05) is 24.3 Å². The first-order chi connectivity index (χ1) is 10.3. The molecule has 112 valence electrons. The van der Waals surface area contributed by atoms with Gasteiger partial charge in [0.05, 0.1) is 7.11 Å². The molecule has 0 saturated carbocycles. The fraction of sp³-hybridized carbons (Fsp3) is 0.375. The predicted molar refractivity (Wildman–Crippen MR) is 85.9 cm³/mol. The van der Waals surface area contributed by atoms with Gasteiger partial charge in [-0.25, -0.2) is 9.97 Å². The Hall–Kier alpha value is -2.30. The number of para-hydroxylation sites is 1. The summed E-state index contributed by atoms with van der Waals surface area (Å²) in [5, 5.41) is 6.66. The SMILES string of the molecule is CCNc1ncnc(NCc2ccccc2OC)c1CC. The number of nitrogens with one attached hydrogen (secondary N) is 2. The predicted octanol–water partition coefficient (Wildman–Crippen LogP) is 3.09. The average Bonchev–Trinajstić information content (AvgIpc) is 2.53. The van der Waals surface area contributed by atoms with Gasteiger partial charge in [0.15, 0.2) is 0 Å². The second kappa shape index (κ2) is 7.47. The molecule has 0 saturated heterocycles. The molecule has 0 fully saturated rings. The summed E-state index contributed by atoms with van der Waals surface area (Å²) < 4.78 is 5.37. The topological polar surface area (TPSA) is 59.1 Å². The summed E-state index contributed by atoms with van der Waals surface area (Å²) in [7, 11) is 1.68. The number of hydrogen-bond donors (Lipinski definition) is 2. The van der Waals surface area contributed by atoms with Crippen molar-refractivity contribution < 1.29 is 4.74 Å². The van der Waals surface area contributed by atoms with Gasteiger partial charge in [0.1, 0.15) is 23.7 Å². The fourth-order valence-corrected chi connectivity index (χ4v) is 2.25. The van der Waals surface area contributed by atoms with Crippen molar-refractivity contribution in [2.24, 2.45) is 0 Å². The number of hydrogen-bond acceptors (Lipinski definition) is 5. The molecule has 0 aliphatic heterocycles. The molecular weight excluding hydrogens is 264 g/mol. The van der Waals surface area contributed by atoms with Gasteiger partial charge in [0.2, 0.25) is 0 Å². The van der Waals surface area contributed by atoms with E-state index in [1.54, 1.807) is 13.4 Å². The minimum atomic E-state index is 0.666. The van der Waals surface area contributed by atoms with E-state index in [9.17, 15) is 0 Å². The van der Waals surface area contributed by atoms with E-state index in [0.717, 1.165) is 41.5 Å². The first kappa shape index (κ1) is 15.1. The van der Waals surface area contributed by atoms with Crippen LogP contribution in [0.5, 0.6) is 5.75 Å². The Morgan fingerprint density at radius 3 is 2.43 bits per heavy atom. The molecule has 1 aromatic heterocycles. The lowest BCUT2D eigenvalue weighted by Crippen LogP contribution is -2.10. The lowest BCUT2D eigenvalue weighted by molar-refractivity contribution is 0.410. The summed E-state index contributed by atoms with van der Waals surface area (Å²) in [5.41, 5.74) is 2.21. The molecule has 0 radical (unpaired) electrons. The highest BCUT2D eigenvalue weighted by Gasteiger charge is 2.09. The maximum absolute atomic E-state index is 5.37. The molecule has 5 nitrogen and oxygen atoms in total. The van der Waals surface area contributed by atoms with E-state index in [1.807, 2.05) is 24.3 Å². The van der Waals surface area contributed by atoms with Gasteiger partial charge in [0.25, 0.3) is 0 Å². The van der Waals surface area contributed by atoms with Crippen LogP contribution in [0.3, 0.4) is 0 Å². The summed E-state index contributed by atoms with van der Waals surface area (Å²) in [4.78, 5) is 8.66. The number of rotatable bonds is 7. The smallest absolute Gasteiger partial charge is 0.134 e. The largest absolute Gasteiger partial charge is 0.496 e. The Bertz CT molecular complexity index is 586. The molecule has 0 aliphatic carbocycles. The van der Waals surface area contributed by atoms with Crippen molar-refractivity contribution in [1.82, 2.24) is 9.97 Å². The zero-order valence-electron chi connectivity index (χ0n) is 12.8. The van der Waals surface area contributed by atoms with Crippen molar-refractivity contribution in [3.63, 3.8) is 0 Å². The van der Waals surface area contributed by atoms with E-state index >= 15 is 0 Å². The lowest BCUT2D eigenvalue weighted by atomic mass is 10.2. The number of benzene rings is 1. The first-order valence-corrected chi connectivity index (χ1v) is 7.23. The van der Waals surface area contributed by atoms with Crippen LogP contribution in [0, 0.1) is 0 Å². The van der Waals surface area contributed by atoms with E-state index < -0.39 is 0 Å². The van der Waals surface area contributed by atoms with Gasteiger partial charge in [-0.05, 0) is 19.4 Å². The number of methoxy groups -OCH3 is 1. The maximum Gasteiger partial charge on any atom is 0.134 e. The van der Waals surface area contributed by atoms with Crippen molar-refractivity contribution in [3.05, 3.63) is 41.7 Å². The minimum Gasteiger partial charge on any atom is -0.496 e. The molecule has 1 aromatic carbocycles. The average molecular weight is 286 g/mol. The number of anilines is 2. The number of ether oxygens (including phenoxy) is 1. The zero-order valence-corrected chi connectivity index (χ0v) is 12.8. The standard InChI is InChI=1S/C16H22N4O/c1-4-13-15(17-5-2)19-11-20-16(13)18-10-12-8-6-7-9-14(12)21-3/h6-9,11H,4-5,10H2,1-3H3,(H2,17,18,19,20). The maximum atomic E-state index is 5.37. The fourth-order valence-electron chi connectivity index (χ4n) is 2.25. The van der Waals surface area contributed by atoms with Crippen LogP contribution in [0.15, 0.2) is 30.6 Å². The van der Waals surface area contributed by atoms with E-state index in [1.165, 1.54) is 0 Å². The Morgan fingerprint density at radius 2 is 1.76 bits per heavy atom. The van der Waals surface area contributed by atoms with Crippen LogP contribution in [0.1, 0.15) is 25.0 Å². The second-order valence-corrected chi connectivity index (χ2v) is 4.60. The Kier molecular flexibility index (Phi) is 5.37. The monoisotopic (exact) mass is 286 g/mol.